The molecule has 0 heterocycles. The molecule has 22 heavy (non-hydrogen) atoms. The molecular formula is C11H19I2N3O5S. The van der Waals surface area contributed by atoms with Crippen LogP contribution in [-0.2, 0) is 23.9 Å². The lowest BCUT2D eigenvalue weighted by molar-refractivity contribution is -0.124. The Bertz CT molecular complexity index is 339. The first-order valence-electron chi connectivity index (χ1n) is 6.34. The normalized spacial score (nSPS) is 11.7. The van der Waals surface area contributed by atoms with Crippen LogP contribution in [0.25, 0.3) is 0 Å². The summed E-state index contributed by atoms with van der Waals surface area (Å²) in [6.07, 6.45) is 0.816. The van der Waals surface area contributed by atoms with Crippen molar-refractivity contribution in [3.05, 3.63) is 0 Å². The molecule has 0 aromatic rings. The van der Waals surface area contributed by atoms with Crippen LogP contribution in [-0.4, -0.2) is 68.6 Å². The summed E-state index contributed by atoms with van der Waals surface area (Å²) in [5, 5.41) is 2.71. The molecule has 8 nitrogen and oxygen atoms in total. The van der Waals surface area contributed by atoms with E-state index in [0.717, 1.165) is 6.29 Å². The fourth-order valence-corrected chi connectivity index (χ4v) is 2.74. The van der Waals surface area contributed by atoms with Crippen LogP contribution in [0.1, 0.15) is 0 Å². The van der Waals surface area contributed by atoms with Gasteiger partial charge in [-0.2, -0.15) is 0 Å². The van der Waals surface area contributed by atoms with E-state index < -0.39 is 0 Å². The second-order valence-corrected chi connectivity index (χ2v) is 6.09. The molecule has 0 rings (SSSR count). The molecule has 0 bridgehead atoms. The van der Waals surface area contributed by atoms with Crippen LogP contribution in [0.15, 0.2) is 0 Å². The van der Waals surface area contributed by atoms with Gasteiger partial charge in [-0.25, -0.2) is 0 Å². The highest BCUT2D eigenvalue weighted by Gasteiger charge is 2.07. The molecule has 0 saturated heterocycles. The number of halogens is 2. The van der Waals surface area contributed by atoms with E-state index in [0.29, 0.717) is 37.9 Å². The van der Waals surface area contributed by atoms with Gasteiger partial charge >= 0.3 is 0 Å². The number of rotatable bonds is 14. The molecule has 0 aliphatic carbocycles. The Hall–Kier alpha value is 0.300. The summed E-state index contributed by atoms with van der Waals surface area (Å²) in [6, 6.07) is -0.240. The molecule has 128 valence electrons. The van der Waals surface area contributed by atoms with Crippen molar-refractivity contribution in [1.82, 2.24) is 12.4 Å². The van der Waals surface area contributed by atoms with Crippen molar-refractivity contribution in [3.63, 3.8) is 0 Å². The van der Waals surface area contributed by atoms with E-state index in [1.165, 1.54) is 11.8 Å². The fourth-order valence-electron chi connectivity index (χ4n) is 1.10. The van der Waals surface area contributed by atoms with Crippen molar-refractivity contribution in [1.29, 1.82) is 0 Å². The molecule has 0 aromatic heterocycles. The number of carbonyl (C=O) groups excluding carboxylic acids is 3. The van der Waals surface area contributed by atoms with Gasteiger partial charge in [0.05, 0.1) is 54.5 Å². The molecule has 0 radical (unpaired) electrons. The van der Waals surface area contributed by atoms with Crippen molar-refractivity contribution in [2.24, 2.45) is 0 Å². The van der Waals surface area contributed by atoms with Gasteiger partial charge in [-0.05, 0) is 0 Å². The quantitative estimate of drug-likeness (QED) is 0.118. The maximum absolute atomic E-state index is 11.5. The third-order valence-corrected chi connectivity index (χ3v) is 4.58. The molecule has 1 atom stereocenters. The van der Waals surface area contributed by atoms with Crippen molar-refractivity contribution in [2.45, 2.75) is 6.04 Å². The monoisotopic (exact) mass is 559 g/mol. The molecule has 0 aliphatic heterocycles. The largest absolute Gasteiger partial charge is 0.377 e. The van der Waals surface area contributed by atoms with Crippen LogP contribution in [0.3, 0.4) is 0 Å². The van der Waals surface area contributed by atoms with Gasteiger partial charge in [-0.3, -0.25) is 16.6 Å². The number of hydrogen-bond acceptors (Lipinski definition) is 7. The van der Waals surface area contributed by atoms with E-state index in [1.807, 2.05) is 22.9 Å². The van der Waals surface area contributed by atoms with Gasteiger partial charge in [0, 0.05) is 35.2 Å². The number of amides is 2. The minimum atomic E-state index is -0.240. The van der Waals surface area contributed by atoms with E-state index in [4.69, 9.17) is 9.47 Å². The van der Waals surface area contributed by atoms with Crippen LogP contribution in [0.5, 0.6) is 0 Å². The van der Waals surface area contributed by atoms with E-state index in [2.05, 4.69) is 12.4 Å². The highest BCUT2D eigenvalue weighted by Crippen LogP contribution is 2.02. The summed E-state index contributed by atoms with van der Waals surface area (Å²) < 4.78 is 15.5. The second kappa shape index (κ2) is 16.2. The smallest absolute Gasteiger partial charge is 0.254 e. The molecule has 0 aromatic carbocycles. The Kier molecular flexibility index (Phi) is 16.4. The molecule has 3 N–H and O–H groups in total. The molecule has 0 saturated carbocycles. The van der Waals surface area contributed by atoms with Gasteiger partial charge in [-0.1, -0.05) is 0 Å². The predicted molar refractivity (Wildman–Crippen MR) is 101 cm³/mol. The lowest BCUT2D eigenvalue weighted by atomic mass is 10.4. The molecule has 2 amide bonds. The number of ether oxygens (including phenoxy) is 2. The molecule has 0 aliphatic rings. The first kappa shape index (κ1) is 22.3. The van der Waals surface area contributed by atoms with E-state index in [-0.39, 0.29) is 24.5 Å². The van der Waals surface area contributed by atoms with Gasteiger partial charge in [0.25, 0.3) is 5.91 Å². The number of aldehydes is 1. The Morgan fingerprint density at radius 1 is 1.14 bits per heavy atom. The lowest BCUT2D eigenvalue weighted by Crippen LogP contribution is -2.30. The highest BCUT2D eigenvalue weighted by molar-refractivity contribution is 14.1. The summed E-state index contributed by atoms with van der Waals surface area (Å²) >= 11 is 5.04. The zero-order chi connectivity index (χ0) is 16.6. The zero-order valence-electron chi connectivity index (χ0n) is 11.8. The molecule has 11 heteroatoms. The summed E-state index contributed by atoms with van der Waals surface area (Å²) in [4.78, 5) is 32.9. The summed E-state index contributed by atoms with van der Waals surface area (Å²) in [7, 11) is 0. The standard InChI is InChI=1S/C11H19I2N3O5S/c12-15-9(5-17)7-22-8-11(19)14-1-2-20-3-4-21-6-10(18)16-13/h5,9,15H,1-4,6-8H2,(H,14,19)(H,16,18)/t9-/m1/s1. The SMILES string of the molecule is O=C[C@H](CSCC(=O)NCCOCCOCC(=O)NI)NI. The van der Waals surface area contributed by atoms with Crippen LogP contribution in [0.4, 0.5) is 0 Å². The van der Waals surface area contributed by atoms with Gasteiger partial charge in [-0.15, -0.1) is 11.8 Å². The van der Waals surface area contributed by atoms with Crippen molar-refractivity contribution < 1.29 is 23.9 Å². The summed E-state index contributed by atoms with van der Waals surface area (Å²) in [6.45, 7) is 1.49. The van der Waals surface area contributed by atoms with Crippen molar-refractivity contribution in [2.75, 3.05) is 44.5 Å². The van der Waals surface area contributed by atoms with Crippen molar-refractivity contribution >= 4 is 75.6 Å². The van der Waals surface area contributed by atoms with Gasteiger partial charge in [0.2, 0.25) is 5.91 Å². The zero-order valence-corrected chi connectivity index (χ0v) is 16.9. The summed E-state index contributed by atoms with van der Waals surface area (Å²) in [5.41, 5.74) is 0. The Labute approximate surface area is 161 Å². The van der Waals surface area contributed by atoms with Crippen LogP contribution >= 0.6 is 57.5 Å². The second-order valence-electron chi connectivity index (χ2n) is 3.90. The van der Waals surface area contributed by atoms with E-state index in [1.54, 1.807) is 22.9 Å². The maximum Gasteiger partial charge on any atom is 0.254 e. The first-order chi connectivity index (χ1) is 10.6. The van der Waals surface area contributed by atoms with Crippen LogP contribution in [0.2, 0.25) is 0 Å². The average molecular weight is 559 g/mol. The Morgan fingerprint density at radius 3 is 2.50 bits per heavy atom. The van der Waals surface area contributed by atoms with Crippen LogP contribution < -0.4 is 12.4 Å². The van der Waals surface area contributed by atoms with Gasteiger partial charge < -0.3 is 19.6 Å². The minimum Gasteiger partial charge on any atom is -0.377 e. The third kappa shape index (κ3) is 13.9. The van der Waals surface area contributed by atoms with E-state index in [9.17, 15) is 14.4 Å². The topological polar surface area (TPSA) is 106 Å². The third-order valence-electron chi connectivity index (χ3n) is 2.11. The number of hydrogen-bond donors (Lipinski definition) is 3. The first-order valence-corrected chi connectivity index (χ1v) is 9.66. The van der Waals surface area contributed by atoms with E-state index >= 15 is 0 Å². The fraction of sp³-hybridized carbons (Fsp3) is 0.727. The summed E-state index contributed by atoms with van der Waals surface area (Å²) in [5.74, 6) is 0.567. The van der Waals surface area contributed by atoms with Gasteiger partial charge in [0.15, 0.2) is 0 Å². The molecular weight excluding hydrogens is 540 g/mol. The highest BCUT2D eigenvalue weighted by atomic mass is 127. The molecule has 0 unspecified atom stereocenters. The Balaban J connectivity index is 3.35. The van der Waals surface area contributed by atoms with Crippen molar-refractivity contribution in [3.8, 4) is 0 Å². The number of thioether (sulfide) groups is 1. The number of carbonyl (C=O) groups is 3. The predicted octanol–water partition coefficient (Wildman–Crippen LogP) is -0.158. The lowest BCUT2D eigenvalue weighted by Gasteiger charge is -2.08. The Morgan fingerprint density at radius 2 is 1.86 bits per heavy atom. The number of nitrogens with one attached hydrogen (secondary N) is 3. The minimum absolute atomic E-state index is 0.00806. The average Bonchev–Trinajstić information content (AvgIpc) is 2.53. The maximum atomic E-state index is 11.5. The van der Waals surface area contributed by atoms with Crippen LogP contribution in [0, 0.1) is 0 Å². The van der Waals surface area contributed by atoms with Gasteiger partial charge in [0.1, 0.15) is 12.9 Å². The molecule has 0 spiro atoms. The molecule has 0 fully saturated rings.